The molecule has 2 fully saturated rings. The van der Waals surface area contributed by atoms with E-state index in [1.807, 2.05) is 13.8 Å². The van der Waals surface area contributed by atoms with Crippen molar-refractivity contribution in [2.24, 2.45) is 5.92 Å². The number of amides is 2. The zero-order valence-corrected chi connectivity index (χ0v) is 17.5. The van der Waals surface area contributed by atoms with Crippen LogP contribution in [0, 0.1) is 5.92 Å². The van der Waals surface area contributed by atoms with E-state index in [1.165, 1.54) is 25.7 Å². The van der Waals surface area contributed by atoms with Crippen LogP contribution in [0.2, 0.25) is 5.02 Å². The van der Waals surface area contributed by atoms with E-state index in [4.69, 9.17) is 11.6 Å². The van der Waals surface area contributed by atoms with E-state index in [-0.39, 0.29) is 30.3 Å². The number of halogens is 2. The van der Waals surface area contributed by atoms with Gasteiger partial charge in [0.1, 0.15) is 0 Å². The normalized spacial score (nSPS) is 23.9. The highest BCUT2D eigenvalue weighted by atomic mass is 35.5. The molecule has 27 heavy (non-hydrogen) atoms. The van der Waals surface area contributed by atoms with Crippen molar-refractivity contribution >= 4 is 41.5 Å². The second-order valence-corrected chi connectivity index (χ2v) is 7.67. The molecule has 0 aromatic heterocycles. The molecule has 1 aliphatic carbocycles. The zero-order chi connectivity index (χ0) is 18.7. The summed E-state index contributed by atoms with van der Waals surface area (Å²) in [6.45, 7) is 5.16. The van der Waals surface area contributed by atoms with Crippen molar-refractivity contribution in [1.82, 2.24) is 10.2 Å². The largest absolute Gasteiger partial charge is 0.339 e. The Balaban J connectivity index is 0.00000261. The smallest absolute Gasteiger partial charge is 0.255 e. The van der Waals surface area contributed by atoms with Gasteiger partial charge in [0.15, 0.2) is 0 Å². The molecule has 5 nitrogen and oxygen atoms in total. The molecule has 3 atom stereocenters. The van der Waals surface area contributed by atoms with Crippen LogP contribution in [0.4, 0.5) is 5.69 Å². The van der Waals surface area contributed by atoms with Gasteiger partial charge in [0, 0.05) is 24.8 Å². The molecule has 1 aromatic rings. The van der Waals surface area contributed by atoms with Gasteiger partial charge < -0.3 is 15.5 Å². The van der Waals surface area contributed by atoms with E-state index in [1.54, 1.807) is 23.1 Å². The van der Waals surface area contributed by atoms with Crippen LogP contribution in [0.15, 0.2) is 18.2 Å². The molecule has 2 amide bonds. The average Bonchev–Trinajstić information content (AvgIpc) is 3.07. The van der Waals surface area contributed by atoms with Crippen LogP contribution in [0.3, 0.4) is 0 Å². The summed E-state index contributed by atoms with van der Waals surface area (Å²) >= 11 is 6.31. The standard InChI is InChI=1S/C20H28ClN3O2.ClH/c1-3-24(4-2)20(26)15-10-9-14(12-16(15)21)22-19(25)18-11-13-7-5-6-8-17(13)23-18;/h9-10,12-13,17-18,23H,3-8,11H2,1-2H3,(H,22,25);1H. The van der Waals surface area contributed by atoms with Gasteiger partial charge in [-0.2, -0.15) is 0 Å². The van der Waals surface area contributed by atoms with Crippen molar-refractivity contribution in [1.29, 1.82) is 0 Å². The summed E-state index contributed by atoms with van der Waals surface area (Å²) in [4.78, 5) is 26.8. The molecule has 0 bridgehead atoms. The lowest BCUT2D eigenvalue weighted by molar-refractivity contribution is -0.117. The van der Waals surface area contributed by atoms with Gasteiger partial charge in [-0.1, -0.05) is 24.4 Å². The molecule has 3 unspecified atom stereocenters. The molecular formula is C20H29Cl2N3O2. The summed E-state index contributed by atoms with van der Waals surface area (Å²) in [5.74, 6) is 0.523. The first-order chi connectivity index (χ1) is 12.5. The Bertz CT molecular complexity index is 665. The number of benzene rings is 1. The van der Waals surface area contributed by atoms with Crippen LogP contribution in [-0.4, -0.2) is 41.9 Å². The third-order valence-electron chi connectivity index (χ3n) is 5.70. The van der Waals surface area contributed by atoms with Crippen molar-refractivity contribution in [3.63, 3.8) is 0 Å². The molecule has 1 aliphatic heterocycles. The minimum absolute atomic E-state index is 0. The molecule has 1 aromatic carbocycles. The quantitative estimate of drug-likeness (QED) is 0.763. The van der Waals surface area contributed by atoms with Crippen molar-refractivity contribution in [3.05, 3.63) is 28.8 Å². The summed E-state index contributed by atoms with van der Waals surface area (Å²) in [6.07, 6.45) is 5.82. The number of hydrogen-bond donors (Lipinski definition) is 2. The van der Waals surface area contributed by atoms with E-state index in [9.17, 15) is 9.59 Å². The van der Waals surface area contributed by atoms with Crippen LogP contribution >= 0.6 is 24.0 Å². The topological polar surface area (TPSA) is 61.4 Å². The number of hydrogen-bond acceptors (Lipinski definition) is 3. The second kappa shape index (κ2) is 9.76. The molecule has 1 saturated carbocycles. The molecule has 1 heterocycles. The van der Waals surface area contributed by atoms with Crippen LogP contribution in [0.5, 0.6) is 0 Å². The van der Waals surface area contributed by atoms with Gasteiger partial charge in [0.2, 0.25) is 5.91 Å². The lowest BCUT2D eigenvalue weighted by atomic mass is 9.85. The Morgan fingerprint density at radius 3 is 2.56 bits per heavy atom. The monoisotopic (exact) mass is 413 g/mol. The number of carbonyl (C=O) groups excluding carboxylic acids is 2. The Morgan fingerprint density at radius 1 is 1.22 bits per heavy atom. The lowest BCUT2D eigenvalue weighted by Crippen LogP contribution is -2.39. The summed E-state index contributed by atoms with van der Waals surface area (Å²) in [7, 11) is 0. The molecule has 1 saturated heterocycles. The van der Waals surface area contributed by atoms with E-state index in [2.05, 4.69) is 10.6 Å². The third kappa shape index (κ3) is 4.95. The lowest BCUT2D eigenvalue weighted by Gasteiger charge is -2.24. The van der Waals surface area contributed by atoms with Crippen LogP contribution in [-0.2, 0) is 4.79 Å². The molecule has 0 radical (unpaired) electrons. The molecule has 7 heteroatoms. The highest BCUT2D eigenvalue weighted by Gasteiger charge is 2.38. The van der Waals surface area contributed by atoms with Crippen molar-refractivity contribution < 1.29 is 9.59 Å². The van der Waals surface area contributed by atoms with Crippen molar-refractivity contribution in [2.45, 2.75) is 58.0 Å². The fraction of sp³-hybridized carbons (Fsp3) is 0.600. The molecular weight excluding hydrogens is 385 g/mol. The van der Waals surface area contributed by atoms with Crippen molar-refractivity contribution in [2.75, 3.05) is 18.4 Å². The van der Waals surface area contributed by atoms with Crippen LogP contribution in [0.25, 0.3) is 0 Å². The average molecular weight is 414 g/mol. The SMILES string of the molecule is CCN(CC)C(=O)c1ccc(NC(=O)C2CC3CCCCC3N2)cc1Cl.Cl. The predicted octanol–water partition coefficient (Wildman–Crippen LogP) is 4.10. The maximum absolute atomic E-state index is 12.6. The maximum atomic E-state index is 12.6. The van der Waals surface area contributed by atoms with Crippen molar-refractivity contribution in [3.8, 4) is 0 Å². The van der Waals surface area contributed by atoms with E-state index >= 15 is 0 Å². The molecule has 150 valence electrons. The fourth-order valence-electron chi connectivity index (χ4n) is 4.20. The Labute approximate surface area is 172 Å². The van der Waals surface area contributed by atoms with Crippen LogP contribution in [0.1, 0.15) is 56.3 Å². The summed E-state index contributed by atoms with van der Waals surface area (Å²) in [5, 5.41) is 6.80. The van der Waals surface area contributed by atoms with Gasteiger partial charge in [-0.3, -0.25) is 9.59 Å². The molecule has 3 rings (SSSR count). The van der Waals surface area contributed by atoms with Gasteiger partial charge >= 0.3 is 0 Å². The number of carbonyl (C=O) groups is 2. The van der Waals surface area contributed by atoms with Gasteiger partial charge in [-0.25, -0.2) is 0 Å². The highest BCUT2D eigenvalue weighted by molar-refractivity contribution is 6.34. The van der Waals surface area contributed by atoms with Gasteiger partial charge in [0.05, 0.1) is 16.6 Å². The Hall–Kier alpha value is -1.30. The minimum Gasteiger partial charge on any atom is -0.339 e. The predicted molar refractivity (Wildman–Crippen MR) is 112 cm³/mol. The highest BCUT2D eigenvalue weighted by Crippen LogP contribution is 2.33. The van der Waals surface area contributed by atoms with E-state index in [0.717, 1.165) is 6.42 Å². The minimum atomic E-state index is -0.140. The number of nitrogens with one attached hydrogen (secondary N) is 2. The first kappa shape index (κ1) is 22.0. The molecule has 2 aliphatic rings. The maximum Gasteiger partial charge on any atom is 0.255 e. The number of anilines is 1. The number of fused-ring (bicyclic) bond motifs is 1. The summed E-state index contributed by atoms with van der Waals surface area (Å²) < 4.78 is 0. The third-order valence-corrected chi connectivity index (χ3v) is 6.01. The Morgan fingerprint density at radius 2 is 1.93 bits per heavy atom. The van der Waals surface area contributed by atoms with Gasteiger partial charge in [0.25, 0.3) is 5.91 Å². The summed E-state index contributed by atoms with van der Waals surface area (Å²) in [6, 6.07) is 5.46. The first-order valence-electron chi connectivity index (χ1n) is 9.69. The van der Waals surface area contributed by atoms with Gasteiger partial charge in [-0.15, -0.1) is 12.4 Å². The zero-order valence-electron chi connectivity index (χ0n) is 16.0. The number of rotatable bonds is 5. The van der Waals surface area contributed by atoms with E-state index < -0.39 is 0 Å². The fourth-order valence-corrected chi connectivity index (χ4v) is 4.46. The van der Waals surface area contributed by atoms with Gasteiger partial charge in [-0.05, 0) is 57.2 Å². The summed E-state index contributed by atoms with van der Waals surface area (Å²) in [5.41, 5.74) is 1.10. The van der Waals surface area contributed by atoms with E-state index in [0.29, 0.717) is 41.3 Å². The second-order valence-electron chi connectivity index (χ2n) is 7.27. The first-order valence-corrected chi connectivity index (χ1v) is 10.1. The Kier molecular flexibility index (Phi) is 7.95. The number of nitrogens with zero attached hydrogens (tertiary/aromatic N) is 1. The molecule has 0 spiro atoms. The molecule has 2 N–H and O–H groups in total. The van der Waals surface area contributed by atoms with Crippen LogP contribution < -0.4 is 10.6 Å².